The number of ether oxygens (including phenoxy) is 2. The number of nitrogens with zero attached hydrogens (tertiary/aromatic N) is 3. The van der Waals surface area contributed by atoms with E-state index in [2.05, 4.69) is 16.5 Å². The quantitative estimate of drug-likeness (QED) is 0.856. The minimum Gasteiger partial charge on any atom is -0.444 e. The fraction of sp³-hybridized carbons (Fsp3) is 0.733. The molecular weight excluding hydrogens is 270 g/mol. The summed E-state index contributed by atoms with van der Waals surface area (Å²) in [6, 6.07) is 0.239. The zero-order chi connectivity index (χ0) is 15.6. The molecule has 0 bridgehead atoms. The molecule has 0 spiro atoms. The number of aromatic nitrogens is 2. The molecule has 1 atom stereocenters. The van der Waals surface area contributed by atoms with E-state index in [0.29, 0.717) is 25.6 Å². The van der Waals surface area contributed by atoms with E-state index in [4.69, 9.17) is 9.47 Å². The van der Waals surface area contributed by atoms with Crippen LogP contribution in [0.3, 0.4) is 0 Å². The van der Waals surface area contributed by atoms with Crippen LogP contribution in [0, 0.1) is 0 Å². The smallest absolute Gasteiger partial charge is 0.410 e. The molecule has 1 amide bonds. The largest absolute Gasteiger partial charge is 0.444 e. The van der Waals surface area contributed by atoms with E-state index in [1.807, 2.05) is 33.3 Å². The zero-order valence-corrected chi connectivity index (χ0v) is 13.5. The van der Waals surface area contributed by atoms with Crippen LogP contribution in [-0.4, -0.2) is 53.0 Å². The highest BCUT2D eigenvalue weighted by Crippen LogP contribution is 2.29. The molecule has 1 saturated heterocycles. The number of hydrogen-bond donors (Lipinski definition) is 0. The van der Waals surface area contributed by atoms with E-state index in [0.717, 1.165) is 5.69 Å². The van der Waals surface area contributed by atoms with Gasteiger partial charge in [-0.3, -0.25) is 0 Å². The van der Waals surface area contributed by atoms with Gasteiger partial charge in [-0.2, -0.15) is 0 Å². The Hall–Kier alpha value is -1.56. The van der Waals surface area contributed by atoms with Crippen LogP contribution < -0.4 is 0 Å². The van der Waals surface area contributed by atoms with Crippen LogP contribution in [0.1, 0.15) is 45.3 Å². The van der Waals surface area contributed by atoms with Gasteiger partial charge >= 0.3 is 6.09 Å². The van der Waals surface area contributed by atoms with Crippen LogP contribution in [0.25, 0.3) is 0 Å². The van der Waals surface area contributed by atoms with E-state index >= 15 is 0 Å². The summed E-state index contributed by atoms with van der Waals surface area (Å²) in [4.78, 5) is 17.9. The first-order chi connectivity index (χ1) is 9.81. The van der Waals surface area contributed by atoms with E-state index in [9.17, 15) is 4.79 Å². The van der Waals surface area contributed by atoms with Crippen molar-refractivity contribution in [2.24, 2.45) is 0 Å². The van der Waals surface area contributed by atoms with Crippen molar-refractivity contribution in [3.8, 4) is 0 Å². The minimum absolute atomic E-state index is 0.239. The molecule has 1 aliphatic heterocycles. The third-order valence-electron chi connectivity index (χ3n) is 3.53. The summed E-state index contributed by atoms with van der Waals surface area (Å²) in [6.07, 6.45) is 3.47. The normalized spacial score (nSPS) is 17.5. The Morgan fingerprint density at radius 2 is 2.14 bits per heavy atom. The summed E-state index contributed by atoms with van der Waals surface area (Å²) < 4.78 is 12.7. The molecule has 1 unspecified atom stereocenters. The molecule has 1 aromatic rings. The molecule has 6 heteroatoms. The molecular formula is C15H25N3O3. The molecule has 1 aromatic heterocycles. The van der Waals surface area contributed by atoms with Gasteiger partial charge in [0.05, 0.1) is 19.0 Å². The number of imidazole rings is 1. The van der Waals surface area contributed by atoms with Gasteiger partial charge in [-0.1, -0.05) is 0 Å². The third-order valence-corrected chi connectivity index (χ3v) is 3.53. The topological polar surface area (TPSA) is 56.6 Å². The second-order valence-electron chi connectivity index (χ2n) is 6.61. The number of methoxy groups -OCH3 is 1. The van der Waals surface area contributed by atoms with Crippen LogP contribution in [0.5, 0.6) is 0 Å². The third kappa shape index (κ3) is 3.75. The Morgan fingerprint density at radius 1 is 1.48 bits per heavy atom. The van der Waals surface area contributed by atoms with Gasteiger partial charge in [-0.25, -0.2) is 9.78 Å². The van der Waals surface area contributed by atoms with Gasteiger partial charge in [-0.05, 0) is 27.7 Å². The molecule has 118 valence electrons. The average Bonchev–Trinajstić information content (AvgIpc) is 2.73. The molecule has 2 heterocycles. The lowest BCUT2D eigenvalue weighted by Gasteiger charge is -2.40. The predicted molar refractivity (Wildman–Crippen MR) is 79.4 cm³/mol. The standard InChI is InChI=1S/C15H25N3O3/c1-11(9-20-5)18-10-16-6-13(18)12-7-17(8-12)14(19)21-15(2,3)4/h6,10-12H,7-9H2,1-5H3. The molecule has 0 aliphatic carbocycles. The van der Waals surface area contributed by atoms with E-state index in [-0.39, 0.29) is 12.1 Å². The first kappa shape index (κ1) is 15.8. The fourth-order valence-corrected chi connectivity index (χ4v) is 2.46. The molecule has 21 heavy (non-hydrogen) atoms. The van der Waals surface area contributed by atoms with Crippen molar-refractivity contribution in [2.75, 3.05) is 26.8 Å². The van der Waals surface area contributed by atoms with Gasteiger partial charge in [0.2, 0.25) is 0 Å². The summed E-state index contributed by atoms with van der Waals surface area (Å²) in [7, 11) is 1.70. The fourth-order valence-electron chi connectivity index (χ4n) is 2.46. The lowest BCUT2D eigenvalue weighted by molar-refractivity contribution is 0.00737. The van der Waals surface area contributed by atoms with Crippen molar-refractivity contribution in [1.29, 1.82) is 0 Å². The zero-order valence-electron chi connectivity index (χ0n) is 13.5. The molecule has 0 N–H and O–H groups in total. The van der Waals surface area contributed by atoms with Gasteiger partial charge in [0.25, 0.3) is 0 Å². The second kappa shape index (κ2) is 6.05. The van der Waals surface area contributed by atoms with Crippen LogP contribution in [0.15, 0.2) is 12.5 Å². The van der Waals surface area contributed by atoms with Gasteiger partial charge in [0.15, 0.2) is 0 Å². The number of carbonyl (C=O) groups excluding carboxylic acids is 1. The molecule has 0 radical (unpaired) electrons. The lowest BCUT2D eigenvalue weighted by atomic mass is 9.97. The molecule has 0 aromatic carbocycles. The molecule has 1 fully saturated rings. The highest BCUT2D eigenvalue weighted by Gasteiger charge is 2.36. The Balaban J connectivity index is 1.93. The van der Waals surface area contributed by atoms with Crippen molar-refractivity contribution < 1.29 is 14.3 Å². The number of rotatable bonds is 4. The number of hydrogen-bond acceptors (Lipinski definition) is 4. The van der Waals surface area contributed by atoms with E-state index < -0.39 is 5.60 Å². The average molecular weight is 295 g/mol. The minimum atomic E-state index is -0.447. The van der Waals surface area contributed by atoms with Crippen molar-refractivity contribution in [2.45, 2.75) is 45.3 Å². The molecule has 2 rings (SSSR count). The van der Waals surface area contributed by atoms with E-state index in [1.54, 1.807) is 12.0 Å². The van der Waals surface area contributed by atoms with Crippen LogP contribution >= 0.6 is 0 Å². The Morgan fingerprint density at radius 3 is 2.71 bits per heavy atom. The van der Waals surface area contributed by atoms with Crippen molar-refractivity contribution in [3.63, 3.8) is 0 Å². The maximum atomic E-state index is 11.9. The predicted octanol–water partition coefficient (Wildman–Crippen LogP) is 2.42. The monoisotopic (exact) mass is 295 g/mol. The number of carbonyl (C=O) groups is 1. The summed E-state index contributed by atoms with van der Waals surface area (Å²) >= 11 is 0. The highest BCUT2D eigenvalue weighted by molar-refractivity contribution is 5.69. The highest BCUT2D eigenvalue weighted by atomic mass is 16.6. The second-order valence-corrected chi connectivity index (χ2v) is 6.61. The van der Waals surface area contributed by atoms with Crippen LogP contribution in [0.4, 0.5) is 4.79 Å². The van der Waals surface area contributed by atoms with Crippen molar-refractivity contribution >= 4 is 6.09 Å². The molecule has 1 aliphatic rings. The summed E-state index contributed by atoms with van der Waals surface area (Å²) in [5.41, 5.74) is 0.705. The van der Waals surface area contributed by atoms with E-state index in [1.165, 1.54) is 0 Å². The summed E-state index contributed by atoms with van der Waals surface area (Å²) in [5.74, 6) is 0.319. The Kier molecular flexibility index (Phi) is 4.56. The first-order valence-electron chi connectivity index (χ1n) is 7.30. The van der Waals surface area contributed by atoms with Gasteiger partial charge in [-0.15, -0.1) is 0 Å². The maximum absolute atomic E-state index is 11.9. The first-order valence-corrected chi connectivity index (χ1v) is 7.30. The Labute approximate surface area is 126 Å². The SMILES string of the molecule is COCC(C)n1cncc1C1CN(C(=O)OC(C)(C)C)C1. The van der Waals surface area contributed by atoms with Crippen molar-refractivity contribution in [1.82, 2.24) is 14.5 Å². The summed E-state index contributed by atoms with van der Waals surface area (Å²) in [5, 5.41) is 0. The summed E-state index contributed by atoms with van der Waals surface area (Å²) in [6.45, 7) is 9.74. The molecule has 0 saturated carbocycles. The number of amides is 1. The van der Waals surface area contributed by atoms with Crippen molar-refractivity contribution in [3.05, 3.63) is 18.2 Å². The van der Waals surface area contributed by atoms with Gasteiger partial charge in [0.1, 0.15) is 5.60 Å². The van der Waals surface area contributed by atoms with Gasteiger partial charge in [0, 0.05) is 38.0 Å². The van der Waals surface area contributed by atoms with Crippen LogP contribution in [0.2, 0.25) is 0 Å². The number of likely N-dealkylation sites (tertiary alicyclic amines) is 1. The maximum Gasteiger partial charge on any atom is 0.410 e. The van der Waals surface area contributed by atoms with Crippen LogP contribution in [-0.2, 0) is 9.47 Å². The lowest BCUT2D eigenvalue weighted by Crippen LogP contribution is -2.50. The van der Waals surface area contributed by atoms with Gasteiger partial charge < -0.3 is 18.9 Å². The molecule has 6 nitrogen and oxygen atoms in total. The Bertz CT molecular complexity index is 487.